The van der Waals surface area contributed by atoms with Crippen molar-refractivity contribution in [2.24, 2.45) is 17.2 Å². The van der Waals surface area contributed by atoms with Crippen LogP contribution in [-0.2, 0) is 4.79 Å². The van der Waals surface area contributed by atoms with Gasteiger partial charge in [0, 0.05) is 41.4 Å². The summed E-state index contributed by atoms with van der Waals surface area (Å²) in [5, 5.41) is 14.4. The van der Waals surface area contributed by atoms with Gasteiger partial charge in [-0.15, -0.1) is 0 Å². The lowest BCUT2D eigenvalue weighted by atomic mass is 9.94. The molecule has 2 aromatic rings. The quantitative estimate of drug-likeness (QED) is 0.600. The van der Waals surface area contributed by atoms with Crippen LogP contribution >= 0.6 is 0 Å². The molecular formula is C21H29N5O2. The lowest BCUT2D eigenvalue weighted by molar-refractivity contribution is -0.120. The number of aromatic hydroxyl groups is 1. The number of hydrogen-bond donors (Lipinski definition) is 4. The molecule has 0 amide bonds. The summed E-state index contributed by atoms with van der Waals surface area (Å²) in [6.45, 7) is 4.00. The van der Waals surface area contributed by atoms with Crippen LogP contribution in [0.4, 0.5) is 0 Å². The summed E-state index contributed by atoms with van der Waals surface area (Å²) in [5.41, 5.74) is 20.0. The lowest BCUT2D eigenvalue weighted by Gasteiger charge is -2.21. The summed E-state index contributed by atoms with van der Waals surface area (Å²) >= 11 is 0. The molecule has 0 bridgehead atoms. The maximum Gasteiger partial charge on any atom is 0.133 e. The maximum absolute atomic E-state index is 11.4. The number of nitrogens with zero attached hydrogens (tertiary/aromatic N) is 2. The van der Waals surface area contributed by atoms with Crippen molar-refractivity contribution in [3.8, 4) is 5.75 Å². The molecule has 7 heteroatoms. The molecule has 0 saturated heterocycles. The Morgan fingerprint density at radius 1 is 1.18 bits per heavy atom. The van der Waals surface area contributed by atoms with Gasteiger partial charge in [0.05, 0.1) is 12.2 Å². The molecular weight excluding hydrogens is 354 g/mol. The van der Waals surface area contributed by atoms with Crippen LogP contribution in [0.5, 0.6) is 5.75 Å². The summed E-state index contributed by atoms with van der Waals surface area (Å²) in [6, 6.07) is 6.98. The molecule has 1 heterocycles. The molecule has 7 N–H and O–H groups in total. The van der Waals surface area contributed by atoms with Gasteiger partial charge >= 0.3 is 0 Å². The molecule has 1 aromatic carbocycles. The average molecular weight is 383 g/mol. The first-order valence-electron chi connectivity index (χ1n) is 9.52. The van der Waals surface area contributed by atoms with Gasteiger partial charge in [0.15, 0.2) is 0 Å². The van der Waals surface area contributed by atoms with Crippen molar-refractivity contribution in [1.82, 2.24) is 9.78 Å². The van der Waals surface area contributed by atoms with Gasteiger partial charge in [0.25, 0.3) is 0 Å². The number of Topliss-reactive ketones (excluding diaryl/α,β-unsaturated/α-hetero) is 1. The van der Waals surface area contributed by atoms with Crippen LogP contribution in [0.2, 0.25) is 0 Å². The summed E-state index contributed by atoms with van der Waals surface area (Å²) < 4.78 is 1.86. The SMILES string of the molecule is CC.NC(N)=C(/C=C(\N)c1ccccc1O)c1cnn(C2CCC(=O)CC2)c1. The number of aromatic nitrogens is 2. The molecule has 3 rings (SSSR count). The van der Waals surface area contributed by atoms with Crippen molar-refractivity contribution in [2.75, 3.05) is 0 Å². The Morgan fingerprint density at radius 3 is 2.43 bits per heavy atom. The van der Waals surface area contributed by atoms with Gasteiger partial charge in [-0.05, 0) is 31.1 Å². The van der Waals surface area contributed by atoms with Gasteiger partial charge in [-0.3, -0.25) is 9.48 Å². The van der Waals surface area contributed by atoms with Crippen molar-refractivity contribution in [2.45, 2.75) is 45.6 Å². The van der Waals surface area contributed by atoms with E-state index in [9.17, 15) is 9.90 Å². The minimum atomic E-state index is 0.0822. The van der Waals surface area contributed by atoms with Crippen LogP contribution in [0.25, 0.3) is 11.3 Å². The van der Waals surface area contributed by atoms with Crippen LogP contribution in [-0.4, -0.2) is 20.7 Å². The summed E-state index contributed by atoms with van der Waals surface area (Å²) in [4.78, 5) is 11.4. The van der Waals surface area contributed by atoms with E-state index < -0.39 is 0 Å². The highest BCUT2D eigenvalue weighted by molar-refractivity contribution is 5.84. The minimum Gasteiger partial charge on any atom is -0.507 e. The van der Waals surface area contributed by atoms with E-state index >= 15 is 0 Å². The maximum atomic E-state index is 11.4. The average Bonchev–Trinajstić information content (AvgIpc) is 3.18. The third-order valence-electron chi connectivity index (χ3n) is 4.63. The summed E-state index contributed by atoms with van der Waals surface area (Å²) in [5.74, 6) is 0.499. The molecule has 7 nitrogen and oxygen atoms in total. The molecule has 1 aromatic heterocycles. The highest BCUT2D eigenvalue weighted by atomic mass is 16.3. The molecule has 1 aliphatic rings. The van der Waals surface area contributed by atoms with Crippen molar-refractivity contribution >= 4 is 17.1 Å². The number of nitrogens with two attached hydrogens (primary N) is 3. The minimum absolute atomic E-state index is 0.0822. The van der Waals surface area contributed by atoms with E-state index in [0.29, 0.717) is 35.5 Å². The van der Waals surface area contributed by atoms with Gasteiger partial charge in [0.1, 0.15) is 17.4 Å². The van der Waals surface area contributed by atoms with Crippen molar-refractivity contribution < 1.29 is 9.90 Å². The second-order valence-electron chi connectivity index (χ2n) is 6.46. The monoisotopic (exact) mass is 383 g/mol. The highest BCUT2D eigenvalue weighted by Crippen LogP contribution is 2.29. The number of ketones is 1. The number of phenols is 1. The summed E-state index contributed by atoms with van der Waals surface area (Å²) in [6.07, 6.45) is 7.92. The Balaban J connectivity index is 0.00000136. The molecule has 28 heavy (non-hydrogen) atoms. The fraction of sp³-hybridized carbons (Fsp3) is 0.333. The first kappa shape index (κ1) is 21.1. The summed E-state index contributed by atoms with van der Waals surface area (Å²) in [7, 11) is 0. The first-order chi connectivity index (χ1) is 13.5. The predicted octanol–water partition coefficient (Wildman–Crippen LogP) is 2.88. The van der Waals surface area contributed by atoms with Gasteiger partial charge in [-0.1, -0.05) is 26.0 Å². The fourth-order valence-electron chi connectivity index (χ4n) is 3.15. The topological polar surface area (TPSA) is 133 Å². The second-order valence-corrected chi connectivity index (χ2v) is 6.46. The van der Waals surface area contributed by atoms with E-state index in [1.807, 2.05) is 24.7 Å². The standard InChI is InChI=1S/C19H23N5O2.C2H6/c20-17(15-3-1-2-4-18(15)26)9-16(19(21)22)12-10-23-24(11-12)13-5-7-14(25)8-6-13;1-2/h1-4,9-11,13,26H,5-8,20-22H2;1-2H3/b17-9-;. The van der Waals surface area contributed by atoms with E-state index in [4.69, 9.17) is 17.2 Å². The number of hydrogen-bond acceptors (Lipinski definition) is 6. The normalized spacial score (nSPS) is 14.9. The zero-order valence-electron chi connectivity index (χ0n) is 16.4. The molecule has 0 aliphatic heterocycles. The van der Waals surface area contributed by atoms with Crippen LogP contribution in [0.3, 0.4) is 0 Å². The van der Waals surface area contributed by atoms with Crippen molar-refractivity contribution in [3.05, 3.63) is 59.7 Å². The van der Waals surface area contributed by atoms with Crippen LogP contribution in [0.15, 0.2) is 48.6 Å². The Morgan fingerprint density at radius 2 is 1.82 bits per heavy atom. The largest absolute Gasteiger partial charge is 0.507 e. The van der Waals surface area contributed by atoms with E-state index in [2.05, 4.69) is 5.10 Å². The molecule has 0 unspecified atom stereocenters. The Labute approximate surface area is 165 Å². The Hall–Kier alpha value is -3.22. The molecule has 150 valence electrons. The van der Waals surface area contributed by atoms with Crippen molar-refractivity contribution in [1.29, 1.82) is 0 Å². The first-order valence-corrected chi connectivity index (χ1v) is 9.52. The number of carbonyl (C=O) groups is 1. The number of allylic oxidation sites excluding steroid dienone is 2. The van der Waals surface area contributed by atoms with Gasteiger partial charge in [-0.25, -0.2) is 0 Å². The van der Waals surface area contributed by atoms with Crippen LogP contribution in [0, 0.1) is 0 Å². The Bertz CT molecular complexity index is 868. The van der Waals surface area contributed by atoms with Crippen LogP contribution in [0.1, 0.15) is 56.7 Å². The van der Waals surface area contributed by atoms with E-state index in [1.165, 1.54) is 0 Å². The molecule has 1 saturated carbocycles. The van der Waals surface area contributed by atoms with E-state index in [0.717, 1.165) is 18.4 Å². The molecule has 0 radical (unpaired) electrons. The van der Waals surface area contributed by atoms with Gasteiger partial charge in [0.2, 0.25) is 0 Å². The molecule has 0 atom stereocenters. The second kappa shape index (κ2) is 9.64. The fourth-order valence-corrected chi connectivity index (χ4v) is 3.15. The number of rotatable bonds is 4. The molecule has 0 spiro atoms. The third-order valence-corrected chi connectivity index (χ3v) is 4.63. The molecule has 1 aliphatic carbocycles. The molecule has 1 fully saturated rings. The van der Waals surface area contributed by atoms with E-state index in [1.54, 1.807) is 36.5 Å². The number of para-hydroxylation sites is 1. The number of benzene rings is 1. The van der Waals surface area contributed by atoms with Crippen LogP contribution < -0.4 is 17.2 Å². The smallest absolute Gasteiger partial charge is 0.133 e. The predicted molar refractivity (Wildman–Crippen MR) is 112 cm³/mol. The van der Waals surface area contributed by atoms with E-state index in [-0.39, 0.29) is 17.6 Å². The third kappa shape index (κ3) is 4.94. The van der Waals surface area contributed by atoms with Crippen molar-refractivity contribution in [3.63, 3.8) is 0 Å². The van der Waals surface area contributed by atoms with Gasteiger partial charge < -0.3 is 22.3 Å². The number of phenolic OH excluding ortho intramolecular Hbond substituents is 1. The number of carbonyl (C=O) groups excluding carboxylic acids is 1. The zero-order chi connectivity index (χ0) is 20.7. The Kier molecular flexibility index (Phi) is 7.26. The zero-order valence-corrected chi connectivity index (χ0v) is 16.4. The highest BCUT2D eigenvalue weighted by Gasteiger charge is 2.21. The van der Waals surface area contributed by atoms with Gasteiger partial charge in [-0.2, -0.15) is 5.10 Å². The lowest BCUT2D eigenvalue weighted by Crippen LogP contribution is -2.18.